The van der Waals surface area contributed by atoms with Crippen LogP contribution in [0.25, 0.3) is 12.2 Å². The molecule has 66 heavy (non-hydrogen) atoms. The van der Waals surface area contributed by atoms with E-state index in [0.717, 1.165) is 12.1 Å². The van der Waals surface area contributed by atoms with Gasteiger partial charge in [0.05, 0.1) is 9.79 Å². The Kier molecular flexibility index (Phi) is 19.7. The number of nitrogens with zero attached hydrogens (tertiary/aromatic N) is 6. The van der Waals surface area contributed by atoms with Crippen LogP contribution in [-0.4, -0.2) is 109 Å². The molecule has 4 aromatic rings. The summed E-state index contributed by atoms with van der Waals surface area (Å²) in [6, 6.07) is 19.9. The number of nitrogens with one attached hydrogen (secondary N) is 6. The molecule has 6 rings (SSSR count). The Hall–Kier alpha value is -3.98. The molecule has 2 aliphatic heterocycles. The second-order valence-electron chi connectivity index (χ2n) is 13.8. The summed E-state index contributed by atoms with van der Waals surface area (Å²) < 4.78 is 76.2. The zero-order chi connectivity index (χ0) is 46.3. The van der Waals surface area contributed by atoms with Crippen molar-refractivity contribution in [3.05, 3.63) is 106 Å². The number of hydrogen-bond donors (Lipinski definition) is 6. The number of urea groups is 2. The first-order valence-corrected chi connectivity index (χ1v) is 23.3. The number of anilines is 4. The van der Waals surface area contributed by atoms with E-state index in [-0.39, 0.29) is 93.5 Å². The van der Waals surface area contributed by atoms with Gasteiger partial charge in [0.1, 0.15) is 20.2 Å². The van der Waals surface area contributed by atoms with E-state index in [9.17, 15) is 35.5 Å². The van der Waals surface area contributed by atoms with Crippen LogP contribution in [0, 0.1) is 0 Å². The maximum Gasteiger partial charge on any atom is 1.00 e. The maximum absolute atomic E-state index is 13.4. The second kappa shape index (κ2) is 23.8. The van der Waals surface area contributed by atoms with Crippen LogP contribution in [0.15, 0.2) is 105 Å². The third-order valence-electron chi connectivity index (χ3n) is 9.68. The predicted octanol–water partition coefficient (Wildman–Crippen LogP) is -0.129. The summed E-state index contributed by atoms with van der Waals surface area (Å²) in [5, 5.41) is 24.3. The molecule has 0 fully saturated rings. The molecule has 26 heteroatoms. The summed E-state index contributed by atoms with van der Waals surface area (Å²) in [5.41, 5.74) is 0.976. The number of carbonyl (C=O) groups is 2. The van der Waals surface area contributed by atoms with Crippen molar-refractivity contribution in [2.75, 3.05) is 47.4 Å². The number of guanidine groups is 2. The number of aliphatic imine (C=N–C) groups is 2. The van der Waals surface area contributed by atoms with Gasteiger partial charge in [-0.15, -0.1) is 0 Å². The largest absolute Gasteiger partial charge is 1.00 e. The number of amides is 4. The van der Waals surface area contributed by atoms with Crippen molar-refractivity contribution < 1.29 is 94.6 Å². The Balaban J connectivity index is 0.00000476. The molecular weight excluding hydrogens is 958 g/mol. The summed E-state index contributed by atoms with van der Waals surface area (Å²) in [6.45, 7) is 8.94. The van der Waals surface area contributed by atoms with E-state index in [1.807, 2.05) is 27.7 Å². The normalized spacial score (nSPS) is 16.5. The average molecular weight is 1000 g/mol. The van der Waals surface area contributed by atoms with Crippen molar-refractivity contribution in [1.82, 2.24) is 30.7 Å². The van der Waals surface area contributed by atoms with Gasteiger partial charge in [-0.1, -0.05) is 87.3 Å². The minimum absolute atomic E-state index is 0. The molecule has 0 spiro atoms. The third kappa shape index (κ3) is 13.8. The minimum Gasteiger partial charge on any atom is -0.744 e. The van der Waals surface area contributed by atoms with Crippen molar-refractivity contribution in [2.24, 2.45) is 9.98 Å². The summed E-state index contributed by atoms with van der Waals surface area (Å²) >= 11 is 12.3. The number of carbonyl (C=O) groups excluding carboxylic acids is 2. The van der Waals surface area contributed by atoms with Crippen molar-refractivity contribution in [1.29, 1.82) is 0 Å². The van der Waals surface area contributed by atoms with Gasteiger partial charge in [0.2, 0.25) is 24.5 Å². The molecule has 2 aliphatic rings. The van der Waals surface area contributed by atoms with Gasteiger partial charge in [0.15, 0.2) is 0 Å². The van der Waals surface area contributed by atoms with E-state index in [0.29, 0.717) is 47.6 Å². The molecule has 0 saturated heterocycles. The van der Waals surface area contributed by atoms with Gasteiger partial charge in [0, 0.05) is 59.0 Å². The van der Waals surface area contributed by atoms with Crippen LogP contribution in [0.4, 0.5) is 32.3 Å². The van der Waals surface area contributed by atoms with Gasteiger partial charge in [-0.2, -0.15) is 0 Å². The van der Waals surface area contributed by atoms with E-state index in [4.69, 9.17) is 23.2 Å². The van der Waals surface area contributed by atoms with Gasteiger partial charge in [0.25, 0.3) is 0 Å². The topological polar surface area (TPSA) is 258 Å². The van der Waals surface area contributed by atoms with Crippen LogP contribution < -0.4 is 91.0 Å². The molecule has 0 aliphatic carbocycles. The van der Waals surface area contributed by atoms with E-state index in [1.54, 1.807) is 58.5 Å². The molecule has 0 radical (unpaired) electrons. The van der Waals surface area contributed by atoms with E-state index < -0.39 is 54.7 Å². The van der Waals surface area contributed by atoms with Crippen molar-refractivity contribution in [3.63, 3.8) is 0 Å². The van der Waals surface area contributed by atoms with Crippen LogP contribution in [0.2, 0.25) is 10.0 Å². The van der Waals surface area contributed by atoms with Crippen molar-refractivity contribution in [3.8, 4) is 0 Å². The van der Waals surface area contributed by atoms with Gasteiger partial charge < -0.3 is 30.4 Å². The fraction of sp³-hybridized carbons (Fsp3) is 0.250. The van der Waals surface area contributed by atoms with E-state index in [1.165, 1.54) is 46.4 Å². The molecule has 340 valence electrons. The monoisotopic (exact) mass is 1000 g/mol. The molecule has 6 N–H and O–H groups in total. The molecule has 2 heterocycles. The summed E-state index contributed by atoms with van der Waals surface area (Å²) in [5.74, 6) is 0.118. The zero-order valence-electron chi connectivity index (χ0n) is 36.7. The van der Waals surface area contributed by atoms with E-state index in [2.05, 4.69) is 41.9 Å². The Morgan fingerprint density at radius 2 is 0.970 bits per heavy atom. The first kappa shape index (κ1) is 54.6. The van der Waals surface area contributed by atoms with Crippen LogP contribution in [-0.2, 0) is 20.2 Å². The SMILES string of the molecule is CCN(CC)N1C(=O)NC(Nc2cccc(Cl)c2)=NC1Nc1ccc(C=Cc2ccc(NC3N=C(Nc4cccc(Cl)c4)NC(=O)N3N(CC)CC)cc2S(=O)(=O)[O-])c(S(=O)(=O)[O-])c1.[Na+].[Na+]. The minimum atomic E-state index is -5.18. The first-order valence-electron chi connectivity index (χ1n) is 19.7. The fourth-order valence-corrected chi connectivity index (χ4v) is 8.51. The summed E-state index contributed by atoms with van der Waals surface area (Å²) in [6.07, 6.45) is 0.0984. The molecule has 20 nitrogen and oxygen atoms in total. The Labute approximate surface area is 437 Å². The fourth-order valence-electron chi connectivity index (χ4n) is 6.73. The second-order valence-corrected chi connectivity index (χ2v) is 17.4. The number of rotatable bonds is 16. The molecule has 0 bridgehead atoms. The number of hydrazine groups is 2. The summed E-state index contributed by atoms with van der Waals surface area (Å²) in [7, 11) is -10.4. The Bertz CT molecular complexity index is 2550. The van der Waals surface area contributed by atoms with Crippen LogP contribution in [0.1, 0.15) is 38.8 Å². The zero-order valence-corrected chi connectivity index (χ0v) is 43.9. The molecular formula is C40H44Cl2N12Na2O8S2. The van der Waals surface area contributed by atoms with Gasteiger partial charge in [-0.3, -0.25) is 10.6 Å². The smallest absolute Gasteiger partial charge is 0.744 e. The van der Waals surface area contributed by atoms with Crippen molar-refractivity contribution >= 4 is 102 Å². The number of hydrogen-bond acceptors (Lipinski definition) is 16. The first-order chi connectivity index (χ1) is 30.4. The van der Waals surface area contributed by atoms with Crippen LogP contribution >= 0.6 is 23.2 Å². The summed E-state index contributed by atoms with van der Waals surface area (Å²) in [4.78, 5) is 34.7. The van der Waals surface area contributed by atoms with Gasteiger partial charge in [-0.05, 0) is 71.8 Å². The molecule has 2 atom stereocenters. The standard InChI is InChI=1S/C40H46Cl2N12O8S2.2Na/c1-5-51(6-2)53-37(47-35(49-39(53)55)43-29-13-9-11-27(41)21-29)45-31-19-17-25(33(23-31)63(57,58)59)15-16-26-18-20-32(24-34(26)64(60,61)62)46-38-48-36(44-30-14-10-12-28(42)22-30)50-40(56)54(38)52(7-3)8-4;;/h9-24,37-38,45-46H,5-8H2,1-4H3,(H,57,58,59)(H,60,61,62)(H2,43,47,49,55)(H2,44,48,50,56);;/q;2*+1/p-2. The molecule has 0 saturated carbocycles. The van der Waals surface area contributed by atoms with Crippen LogP contribution in [0.5, 0.6) is 0 Å². The molecule has 4 aromatic carbocycles. The number of benzene rings is 4. The Morgan fingerprint density at radius 1 is 0.606 bits per heavy atom. The maximum atomic E-state index is 13.4. The third-order valence-corrected chi connectivity index (χ3v) is 11.9. The van der Waals surface area contributed by atoms with Gasteiger partial charge in [-0.25, -0.2) is 56.4 Å². The van der Waals surface area contributed by atoms with Gasteiger partial charge >= 0.3 is 71.2 Å². The van der Waals surface area contributed by atoms with Crippen LogP contribution in [0.3, 0.4) is 0 Å². The molecule has 2 unspecified atom stereocenters. The molecule has 0 aromatic heterocycles. The quantitative estimate of drug-likeness (QED) is 0.0486. The molecule has 4 amide bonds. The average Bonchev–Trinajstić information content (AvgIpc) is 3.22. The van der Waals surface area contributed by atoms with Crippen molar-refractivity contribution in [2.45, 2.75) is 50.1 Å². The number of halogens is 2. The Morgan fingerprint density at radius 3 is 1.29 bits per heavy atom. The van der Waals surface area contributed by atoms with E-state index >= 15 is 0 Å². The predicted molar refractivity (Wildman–Crippen MR) is 244 cm³/mol.